The lowest BCUT2D eigenvalue weighted by Crippen LogP contribution is -2.37. The Labute approximate surface area is 94.2 Å². The van der Waals surface area contributed by atoms with Gasteiger partial charge in [0.25, 0.3) is 0 Å². The minimum Gasteiger partial charge on any atom is -0.497 e. The van der Waals surface area contributed by atoms with Crippen LogP contribution in [0.3, 0.4) is 0 Å². The summed E-state index contributed by atoms with van der Waals surface area (Å²) in [6.07, 6.45) is 0.621. The van der Waals surface area contributed by atoms with Crippen LogP contribution in [0.15, 0.2) is 24.3 Å². The first-order valence-electron chi connectivity index (χ1n) is 5.28. The molecule has 2 rings (SSSR count). The quantitative estimate of drug-likeness (QED) is 0.799. The largest absolute Gasteiger partial charge is 0.497 e. The molecule has 0 bridgehead atoms. The Morgan fingerprint density at radius 2 is 2.38 bits per heavy atom. The van der Waals surface area contributed by atoms with Crippen molar-refractivity contribution < 1.29 is 14.6 Å². The van der Waals surface area contributed by atoms with Gasteiger partial charge in [-0.3, -0.25) is 4.79 Å². The highest BCUT2D eigenvalue weighted by Crippen LogP contribution is 2.32. The maximum absolute atomic E-state index is 11.4. The number of benzene rings is 1. The van der Waals surface area contributed by atoms with Crippen molar-refractivity contribution in [2.24, 2.45) is 0 Å². The van der Waals surface area contributed by atoms with E-state index in [1.54, 1.807) is 13.2 Å². The van der Waals surface area contributed by atoms with E-state index >= 15 is 0 Å². The number of hydrogen-bond donors (Lipinski definition) is 2. The molecule has 0 saturated carbocycles. The molecule has 0 radical (unpaired) electrons. The standard InChI is InChI=1S/C12H15NO3/c1-16-10-4-2-3-9(7-10)12(11(14)15)5-6-13-8-12/h2-4,7,13H,5-6,8H2,1H3,(H,14,15). The molecular formula is C12H15NO3. The van der Waals surface area contributed by atoms with Crippen LogP contribution < -0.4 is 10.1 Å². The first kappa shape index (κ1) is 11.0. The second-order valence-corrected chi connectivity index (χ2v) is 4.05. The Balaban J connectivity index is 2.43. The third-order valence-electron chi connectivity index (χ3n) is 3.19. The van der Waals surface area contributed by atoms with Crippen molar-refractivity contribution in [2.75, 3.05) is 20.2 Å². The van der Waals surface area contributed by atoms with Crippen LogP contribution in [0.25, 0.3) is 0 Å². The highest BCUT2D eigenvalue weighted by molar-refractivity contribution is 5.82. The second-order valence-electron chi connectivity index (χ2n) is 4.05. The van der Waals surface area contributed by atoms with Crippen LogP contribution in [0.4, 0.5) is 0 Å². The second kappa shape index (κ2) is 4.14. The van der Waals surface area contributed by atoms with Gasteiger partial charge < -0.3 is 15.2 Å². The lowest BCUT2D eigenvalue weighted by molar-refractivity contribution is -0.143. The van der Waals surface area contributed by atoms with Crippen molar-refractivity contribution in [2.45, 2.75) is 11.8 Å². The number of hydrogen-bond acceptors (Lipinski definition) is 3. The molecule has 0 spiro atoms. The lowest BCUT2D eigenvalue weighted by Gasteiger charge is -2.23. The van der Waals surface area contributed by atoms with E-state index in [0.717, 1.165) is 12.1 Å². The number of nitrogens with one attached hydrogen (secondary N) is 1. The topological polar surface area (TPSA) is 58.6 Å². The summed E-state index contributed by atoms with van der Waals surface area (Å²) in [7, 11) is 1.58. The Bertz CT molecular complexity index is 397. The fourth-order valence-electron chi connectivity index (χ4n) is 2.17. The molecule has 1 aliphatic rings. The number of ether oxygens (including phenoxy) is 1. The Hall–Kier alpha value is -1.55. The molecule has 1 aromatic rings. The summed E-state index contributed by atoms with van der Waals surface area (Å²) >= 11 is 0. The van der Waals surface area contributed by atoms with E-state index in [0.29, 0.717) is 18.7 Å². The molecule has 4 heteroatoms. The van der Waals surface area contributed by atoms with Gasteiger partial charge in [0.1, 0.15) is 11.2 Å². The molecule has 1 atom stereocenters. The van der Waals surface area contributed by atoms with Crippen molar-refractivity contribution in [3.05, 3.63) is 29.8 Å². The predicted molar refractivity (Wildman–Crippen MR) is 59.8 cm³/mol. The van der Waals surface area contributed by atoms with Gasteiger partial charge in [0.2, 0.25) is 0 Å². The fraction of sp³-hybridized carbons (Fsp3) is 0.417. The van der Waals surface area contributed by atoms with E-state index in [2.05, 4.69) is 5.32 Å². The van der Waals surface area contributed by atoms with Gasteiger partial charge in [-0.05, 0) is 30.7 Å². The zero-order valence-electron chi connectivity index (χ0n) is 9.19. The van der Waals surface area contributed by atoms with Crippen LogP contribution in [0.1, 0.15) is 12.0 Å². The van der Waals surface area contributed by atoms with Crippen molar-refractivity contribution in [1.29, 1.82) is 0 Å². The molecule has 86 valence electrons. The Morgan fingerprint density at radius 3 is 2.94 bits per heavy atom. The van der Waals surface area contributed by atoms with Gasteiger partial charge in [0, 0.05) is 6.54 Å². The Kier molecular flexibility index (Phi) is 2.83. The molecule has 0 amide bonds. The van der Waals surface area contributed by atoms with Crippen molar-refractivity contribution in [1.82, 2.24) is 5.32 Å². The SMILES string of the molecule is COc1cccc(C2(C(=O)O)CCNC2)c1. The molecule has 1 saturated heterocycles. The van der Waals surface area contributed by atoms with Gasteiger partial charge in [-0.25, -0.2) is 0 Å². The zero-order valence-corrected chi connectivity index (χ0v) is 9.19. The summed E-state index contributed by atoms with van der Waals surface area (Å²) in [5.74, 6) is -0.0734. The number of carbonyl (C=O) groups is 1. The maximum Gasteiger partial charge on any atom is 0.315 e. The Morgan fingerprint density at radius 1 is 1.56 bits per heavy atom. The molecule has 2 N–H and O–H groups in total. The van der Waals surface area contributed by atoms with E-state index in [9.17, 15) is 9.90 Å². The summed E-state index contributed by atoms with van der Waals surface area (Å²) < 4.78 is 5.13. The highest BCUT2D eigenvalue weighted by Gasteiger charge is 2.43. The molecule has 1 aromatic carbocycles. The van der Waals surface area contributed by atoms with Gasteiger partial charge in [-0.15, -0.1) is 0 Å². The molecule has 1 aliphatic heterocycles. The van der Waals surface area contributed by atoms with E-state index < -0.39 is 11.4 Å². The number of rotatable bonds is 3. The van der Waals surface area contributed by atoms with Crippen LogP contribution >= 0.6 is 0 Å². The summed E-state index contributed by atoms with van der Waals surface area (Å²) in [5, 5.41) is 12.5. The van der Waals surface area contributed by atoms with E-state index in [1.807, 2.05) is 18.2 Å². The van der Waals surface area contributed by atoms with Crippen LogP contribution in [0.2, 0.25) is 0 Å². The molecule has 1 unspecified atom stereocenters. The van der Waals surface area contributed by atoms with Crippen LogP contribution in [-0.2, 0) is 10.2 Å². The minimum absolute atomic E-state index is 0.482. The van der Waals surface area contributed by atoms with Crippen molar-refractivity contribution >= 4 is 5.97 Å². The number of methoxy groups -OCH3 is 1. The van der Waals surface area contributed by atoms with Gasteiger partial charge in [-0.2, -0.15) is 0 Å². The average molecular weight is 221 g/mol. The van der Waals surface area contributed by atoms with E-state index in [1.165, 1.54) is 0 Å². The minimum atomic E-state index is -0.797. The smallest absolute Gasteiger partial charge is 0.315 e. The van der Waals surface area contributed by atoms with Crippen LogP contribution in [0.5, 0.6) is 5.75 Å². The lowest BCUT2D eigenvalue weighted by atomic mass is 9.80. The average Bonchev–Trinajstić information content (AvgIpc) is 2.79. The highest BCUT2D eigenvalue weighted by atomic mass is 16.5. The third kappa shape index (κ3) is 1.65. The van der Waals surface area contributed by atoms with E-state index in [4.69, 9.17) is 4.74 Å². The molecule has 1 heterocycles. The number of carboxylic acids is 1. The normalized spacial score (nSPS) is 24.3. The van der Waals surface area contributed by atoms with Gasteiger partial charge in [0.15, 0.2) is 0 Å². The summed E-state index contributed by atoms with van der Waals surface area (Å²) in [5.41, 5.74) is 0.0125. The molecule has 0 aliphatic carbocycles. The zero-order chi connectivity index (χ0) is 11.6. The van der Waals surface area contributed by atoms with E-state index in [-0.39, 0.29) is 0 Å². The molecule has 4 nitrogen and oxygen atoms in total. The third-order valence-corrected chi connectivity index (χ3v) is 3.19. The molecular weight excluding hydrogens is 206 g/mol. The first-order valence-corrected chi connectivity index (χ1v) is 5.28. The van der Waals surface area contributed by atoms with Crippen LogP contribution in [-0.4, -0.2) is 31.3 Å². The van der Waals surface area contributed by atoms with Crippen molar-refractivity contribution in [3.63, 3.8) is 0 Å². The van der Waals surface area contributed by atoms with Gasteiger partial charge >= 0.3 is 5.97 Å². The number of carboxylic acid groups (broad SMARTS) is 1. The molecule has 1 fully saturated rings. The molecule has 0 aromatic heterocycles. The summed E-state index contributed by atoms with van der Waals surface area (Å²) in [6.45, 7) is 1.22. The maximum atomic E-state index is 11.4. The fourth-order valence-corrected chi connectivity index (χ4v) is 2.17. The summed E-state index contributed by atoms with van der Waals surface area (Å²) in [6, 6.07) is 7.31. The first-order chi connectivity index (χ1) is 7.69. The van der Waals surface area contributed by atoms with Crippen molar-refractivity contribution in [3.8, 4) is 5.75 Å². The number of aliphatic carboxylic acids is 1. The van der Waals surface area contributed by atoms with Gasteiger partial charge in [0.05, 0.1) is 7.11 Å². The monoisotopic (exact) mass is 221 g/mol. The predicted octanol–water partition coefficient (Wildman–Crippen LogP) is 1.01. The summed E-state index contributed by atoms with van der Waals surface area (Å²) in [4.78, 5) is 11.4. The van der Waals surface area contributed by atoms with Gasteiger partial charge in [-0.1, -0.05) is 12.1 Å². The molecule has 16 heavy (non-hydrogen) atoms. The van der Waals surface area contributed by atoms with Crippen LogP contribution in [0, 0.1) is 0 Å².